The lowest BCUT2D eigenvalue weighted by molar-refractivity contribution is 0.194. The highest BCUT2D eigenvalue weighted by molar-refractivity contribution is 5.33. The number of hydrogen-bond donors (Lipinski definition) is 1. The molecule has 1 fully saturated rings. The third kappa shape index (κ3) is 4.19. The first-order chi connectivity index (χ1) is 11.6. The summed E-state index contributed by atoms with van der Waals surface area (Å²) in [6.45, 7) is 2.93. The van der Waals surface area contributed by atoms with Gasteiger partial charge in [-0.25, -0.2) is 8.78 Å². The molecular formula is C20H24F2N2. The highest BCUT2D eigenvalue weighted by Crippen LogP contribution is 2.27. The molecule has 0 aromatic heterocycles. The van der Waals surface area contributed by atoms with E-state index in [1.54, 1.807) is 0 Å². The van der Waals surface area contributed by atoms with Gasteiger partial charge in [0.1, 0.15) is 11.6 Å². The summed E-state index contributed by atoms with van der Waals surface area (Å²) in [5.41, 5.74) is 2.12. The number of nitrogens with zero attached hydrogens (tertiary/aromatic N) is 1. The van der Waals surface area contributed by atoms with Crippen molar-refractivity contribution in [3.63, 3.8) is 0 Å². The van der Waals surface area contributed by atoms with Crippen molar-refractivity contribution < 1.29 is 8.78 Å². The van der Waals surface area contributed by atoms with Crippen LogP contribution in [0.1, 0.15) is 29.9 Å². The minimum absolute atomic E-state index is 0.103. The standard InChI is InChI=1S/C20H24F2N2/c1-24(19-10-12-23-13-11-19)14-20(15-2-6-17(21)7-3-15)16-4-8-18(22)9-5-16/h2-9,19-20,23H,10-14H2,1H3. The number of piperidine rings is 1. The monoisotopic (exact) mass is 330 g/mol. The Bertz CT molecular complexity index is 588. The van der Waals surface area contributed by atoms with Crippen LogP contribution >= 0.6 is 0 Å². The van der Waals surface area contributed by atoms with Crippen LogP contribution in [0.25, 0.3) is 0 Å². The second kappa shape index (κ2) is 7.86. The fourth-order valence-electron chi connectivity index (χ4n) is 3.48. The van der Waals surface area contributed by atoms with Crippen LogP contribution in [0.5, 0.6) is 0 Å². The molecule has 0 bridgehead atoms. The first-order valence-electron chi connectivity index (χ1n) is 8.55. The molecule has 1 N–H and O–H groups in total. The quantitative estimate of drug-likeness (QED) is 0.897. The Morgan fingerprint density at radius 1 is 0.917 bits per heavy atom. The highest BCUT2D eigenvalue weighted by atomic mass is 19.1. The molecule has 0 saturated carbocycles. The summed E-state index contributed by atoms with van der Waals surface area (Å²) in [5.74, 6) is -0.363. The number of benzene rings is 2. The molecule has 1 saturated heterocycles. The van der Waals surface area contributed by atoms with E-state index in [9.17, 15) is 8.78 Å². The van der Waals surface area contributed by atoms with Crippen LogP contribution in [-0.4, -0.2) is 37.6 Å². The predicted octanol–water partition coefficient (Wildman–Crippen LogP) is 3.78. The van der Waals surface area contributed by atoms with E-state index >= 15 is 0 Å². The molecule has 128 valence electrons. The van der Waals surface area contributed by atoms with Gasteiger partial charge in [0.25, 0.3) is 0 Å². The zero-order chi connectivity index (χ0) is 16.9. The minimum atomic E-state index is -0.233. The van der Waals surface area contributed by atoms with E-state index in [4.69, 9.17) is 0 Å². The minimum Gasteiger partial charge on any atom is -0.317 e. The molecule has 24 heavy (non-hydrogen) atoms. The molecule has 0 amide bonds. The fraction of sp³-hybridized carbons (Fsp3) is 0.400. The lowest BCUT2D eigenvalue weighted by Crippen LogP contribution is -2.42. The van der Waals surface area contributed by atoms with E-state index in [0.29, 0.717) is 6.04 Å². The Labute approximate surface area is 142 Å². The van der Waals surface area contributed by atoms with Gasteiger partial charge < -0.3 is 10.2 Å². The van der Waals surface area contributed by atoms with E-state index in [2.05, 4.69) is 17.3 Å². The van der Waals surface area contributed by atoms with Crippen molar-refractivity contribution in [2.45, 2.75) is 24.8 Å². The molecule has 0 aliphatic carbocycles. The molecule has 4 heteroatoms. The van der Waals surface area contributed by atoms with Gasteiger partial charge in [0.15, 0.2) is 0 Å². The summed E-state index contributed by atoms with van der Waals surface area (Å²) in [4.78, 5) is 2.39. The summed E-state index contributed by atoms with van der Waals surface area (Å²) in [6, 6.07) is 13.9. The summed E-state index contributed by atoms with van der Waals surface area (Å²) in [6.07, 6.45) is 2.27. The Balaban J connectivity index is 1.83. The third-order valence-corrected chi connectivity index (χ3v) is 4.95. The lowest BCUT2D eigenvalue weighted by Gasteiger charge is -2.34. The summed E-state index contributed by atoms with van der Waals surface area (Å²) < 4.78 is 26.6. The molecule has 2 nitrogen and oxygen atoms in total. The van der Waals surface area contributed by atoms with Gasteiger partial charge in [-0.05, 0) is 68.4 Å². The zero-order valence-corrected chi connectivity index (χ0v) is 14.0. The van der Waals surface area contributed by atoms with Crippen molar-refractivity contribution in [3.8, 4) is 0 Å². The summed E-state index contributed by atoms with van der Waals surface area (Å²) in [7, 11) is 2.15. The van der Waals surface area contributed by atoms with Crippen molar-refractivity contribution >= 4 is 0 Å². The smallest absolute Gasteiger partial charge is 0.123 e. The van der Waals surface area contributed by atoms with Crippen LogP contribution in [0, 0.1) is 11.6 Å². The molecule has 0 unspecified atom stereocenters. The number of likely N-dealkylation sites (N-methyl/N-ethyl adjacent to an activating group) is 1. The SMILES string of the molecule is CN(CC(c1ccc(F)cc1)c1ccc(F)cc1)C1CCNCC1. The van der Waals surface area contributed by atoms with Crippen LogP contribution in [0.4, 0.5) is 8.78 Å². The Kier molecular flexibility index (Phi) is 5.59. The lowest BCUT2D eigenvalue weighted by atomic mass is 9.90. The van der Waals surface area contributed by atoms with Gasteiger partial charge in [-0.2, -0.15) is 0 Å². The molecule has 2 aromatic rings. The van der Waals surface area contributed by atoms with E-state index in [-0.39, 0.29) is 17.6 Å². The summed E-state index contributed by atoms with van der Waals surface area (Å²) >= 11 is 0. The number of halogens is 2. The molecule has 1 heterocycles. The molecule has 0 spiro atoms. The van der Waals surface area contributed by atoms with Crippen LogP contribution in [0.15, 0.2) is 48.5 Å². The van der Waals surface area contributed by atoms with Crippen LogP contribution in [0.3, 0.4) is 0 Å². The molecule has 1 aliphatic rings. The highest BCUT2D eigenvalue weighted by Gasteiger charge is 2.23. The topological polar surface area (TPSA) is 15.3 Å². The maximum atomic E-state index is 13.3. The Morgan fingerprint density at radius 3 is 1.83 bits per heavy atom. The molecule has 2 aromatic carbocycles. The van der Waals surface area contributed by atoms with Crippen molar-refractivity contribution in [2.24, 2.45) is 0 Å². The van der Waals surface area contributed by atoms with Gasteiger partial charge in [0, 0.05) is 18.5 Å². The van der Waals surface area contributed by atoms with Crippen molar-refractivity contribution in [1.82, 2.24) is 10.2 Å². The van der Waals surface area contributed by atoms with Crippen molar-refractivity contribution in [2.75, 3.05) is 26.7 Å². The average Bonchev–Trinajstić information content (AvgIpc) is 2.62. The van der Waals surface area contributed by atoms with Crippen LogP contribution in [-0.2, 0) is 0 Å². The van der Waals surface area contributed by atoms with E-state index in [0.717, 1.165) is 43.6 Å². The first kappa shape index (κ1) is 17.1. The summed E-state index contributed by atoms with van der Waals surface area (Å²) in [5, 5.41) is 3.39. The molecule has 1 aliphatic heterocycles. The van der Waals surface area contributed by atoms with Gasteiger partial charge >= 0.3 is 0 Å². The number of rotatable bonds is 5. The van der Waals surface area contributed by atoms with Crippen LogP contribution in [0.2, 0.25) is 0 Å². The molecule has 3 rings (SSSR count). The van der Waals surface area contributed by atoms with Gasteiger partial charge in [-0.1, -0.05) is 24.3 Å². The molecule has 0 atom stereocenters. The van der Waals surface area contributed by atoms with Crippen LogP contribution < -0.4 is 5.32 Å². The van der Waals surface area contributed by atoms with E-state index in [1.807, 2.05) is 24.3 Å². The third-order valence-electron chi connectivity index (χ3n) is 4.95. The van der Waals surface area contributed by atoms with E-state index < -0.39 is 0 Å². The van der Waals surface area contributed by atoms with Gasteiger partial charge in [-0.15, -0.1) is 0 Å². The van der Waals surface area contributed by atoms with Gasteiger partial charge in [0.05, 0.1) is 0 Å². The molecular weight excluding hydrogens is 306 g/mol. The number of nitrogens with one attached hydrogen (secondary N) is 1. The van der Waals surface area contributed by atoms with Gasteiger partial charge in [-0.3, -0.25) is 0 Å². The number of hydrogen-bond acceptors (Lipinski definition) is 2. The zero-order valence-electron chi connectivity index (χ0n) is 14.0. The van der Waals surface area contributed by atoms with Crippen molar-refractivity contribution in [1.29, 1.82) is 0 Å². The van der Waals surface area contributed by atoms with E-state index in [1.165, 1.54) is 24.3 Å². The Morgan fingerprint density at radius 2 is 1.38 bits per heavy atom. The average molecular weight is 330 g/mol. The maximum Gasteiger partial charge on any atom is 0.123 e. The second-order valence-corrected chi connectivity index (χ2v) is 6.58. The first-order valence-corrected chi connectivity index (χ1v) is 8.55. The van der Waals surface area contributed by atoms with Gasteiger partial charge in [0.2, 0.25) is 0 Å². The predicted molar refractivity (Wildman–Crippen MR) is 93.2 cm³/mol. The van der Waals surface area contributed by atoms with Crippen molar-refractivity contribution in [3.05, 3.63) is 71.3 Å². The second-order valence-electron chi connectivity index (χ2n) is 6.58. The fourth-order valence-corrected chi connectivity index (χ4v) is 3.48. The Hall–Kier alpha value is -1.78. The normalized spacial score (nSPS) is 16.0. The molecule has 0 radical (unpaired) electrons. The largest absolute Gasteiger partial charge is 0.317 e. The maximum absolute atomic E-state index is 13.3.